The SMILES string of the molecule is Cc1ccc2nc(C)cc(C(=O)N=Nc3c(O)n(C)c4ccccc34)c2c1. The molecule has 0 atom stereocenters. The number of carbonyl (C=O) groups excluding carboxylic acids is 1. The lowest BCUT2D eigenvalue weighted by molar-refractivity contribution is 0.0996. The number of aromatic hydroxyl groups is 1. The summed E-state index contributed by atoms with van der Waals surface area (Å²) in [6.45, 7) is 3.80. The second kappa shape index (κ2) is 6.32. The van der Waals surface area contributed by atoms with Crippen molar-refractivity contribution in [3.8, 4) is 5.88 Å². The third-order valence-electron chi connectivity index (χ3n) is 4.61. The Bertz CT molecular complexity index is 1240. The van der Waals surface area contributed by atoms with Crippen LogP contribution < -0.4 is 0 Å². The molecule has 0 radical (unpaired) electrons. The Hall–Kier alpha value is -3.54. The number of benzene rings is 2. The van der Waals surface area contributed by atoms with Crippen LogP contribution in [0.2, 0.25) is 0 Å². The quantitative estimate of drug-likeness (QED) is 0.514. The van der Waals surface area contributed by atoms with Gasteiger partial charge in [0.2, 0.25) is 5.88 Å². The highest BCUT2D eigenvalue weighted by Crippen LogP contribution is 2.37. The molecule has 2 aromatic heterocycles. The van der Waals surface area contributed by atoms with Gasteiger partial charge in [0.05, 0.1) is 16.6 Å². The van der Waals surface area contributed by atoms with E-state index >= 15 is 0 Å². The first-order chi connectivity index (χ1) is 13.0. The Balaban J connectivity index is 1.81. The minimum absolute atomic E-state index is 0.0284. The van der Waals surface area contributed by atoms with Crippen molar-refractivity contribution in [1.82, 2.24) is 9.55 Å². The Kier molecular flexibility index (Phi) is 3.96. The van der Waals surface area contributed by atoms with Crippen molar-refractivity contribution in [3.05, 3.63) is 65.4 Å². The molecule has 0 unspecified atom stereocenters. The zero-order chi connectivity index (χ0) is 19.1. The fraction of sp³-hybridized carbons (Fsp3) is 0.143. The van der Waals surface area contributed by atoms with Gasteiger partial charge in [0.1, 0.15) is 0 Å². The average Bonchev–Trinajstić information content (AvgIpc) is 2.90. The first-order valence-corrected chi connectivity index (χ1v) is 8.56. The molecule has 0 fully saturated rings. The molecule has 0 saturated heterocycles. The number of fused-ring (bicyclic) bond motifs is 2. The van der Waals surface area contributed by atoms with E-state index in [-0.39, 0.29) is 11.6 Å². The largest absolute Gasteiger partial charge is 0.493 e. The number of hydrogen-bond donors (Lipinski definition) is 1. The molecule has 1 amide bonds. The van der Waals surface area contributed by atoms with Gasteiger partial charge in [-0.2, -0.15) is 0 Å². The summed E-state index contributed by atoms with van der Waals surface area (Å²) in [7, 11) is 1.74. The Morgan fingerprint density at radius 2 is 1.85 bits per heavy atom. The minimum atomic E-state index is -0.469. The number of pyridine rings is 1. The van der Waals surface area contributed by atoms with Crippen LogP contribution in [0, 0.1) is 13.8 Å². The van der Waals surface area contributed by atoms with Crippen LogP contribution in [0.4, 0.5) is 5.69 Å². The summed E-state index contributed by atoms with van der Waals surface area (Å²) >= 11 is 0. The standard InChI is InChI=1S/C21H18N4O2/c1-12-8-9-17-15(10-12)16(11-13(2)22-17)20(26)24-23-19-14-6-4-5-7-18(14)25(3)21(19)27/h4-11,27H,1-3H3. The molecule has 6 heteroatoms. The van der Waals surface area contributed by atoms with Gasteiger partial charge in [-0.15, -0.1) is 10.2 Å². The van der Waals surface area contributed by atoms with E-state index in [1.54, 1.807) is 17.7 Å². The number of hydrogen-bond acceptors (Lipinski definition) is 4. The molecule has 134 valence electrons. The van der Waals surface area contributed by atoms with E-state index in [2.05, 4.69) is 15.2 Å². The van der Waals surface area contributed by atoms with Gasteiger partial charge in [0.15, 0.2) is 5.69 Å². The van der Waals surface area contributed by atoms with Gasteiger partial charge < -0.3 is 9.67 Å². The second-order valence-corrected chi connectivity index (χ2v) is 6.59. The van der Waals surface area contributed by atoms with Crippen molar-refractivity contribution < 1.29 is 9.90 Å². The van der Waals surface area contributed by atoms with Crippen LogP contribution in [-0.4, -0.2) is 20.6 Å². The lowest BCUT2D eigenvalue weighted by Gasteiger charge is -2.05. The van der Waals surface area contributed by atoms with Crippen LogP contribution in [0.3, 0.4) is 0 Å². The molecule has 0 bridgehead atoms. The number of aryl methyl sites for hydroxylation is 3. The molecule has 4 rings (SSSR count). The number of nitrogens with zero attached hydrogens (tertiary/aromatic N) is 4. The van der Waals surface area contributed by atoms with Gasteiger partial charge >= 0.3 is 0 Å². The van der Waals surface area contributed by atoms with Gasteiger partial charge in [0.25, 0.3) is 5.91 Å². The van der Waals surface area contributed by atoms with Crippen LogP contribution in [-0.2, 0) is 7.05 Å². The number of para-hydroxylation sites is 1. The summed E-state index contributed by atoms with van der Waals surface area (Å²) in [6, 6.07) is 14.9. The highest BCUT2D eigenvalue weighted by Gasteiger charge is 2.16. The molecule has 4 aromatic rings. The van der Waals surface area contributed by atoms with Crippen molar-refractivity contribution in [1.29, 1.82) is 0 Å². The Morgan fingerprint density at radius 1 is 1.07 bits per heavy atom. The van der Waals surface area contributed by atoms with E-state index in [9.17, 15) is 9.90 Å². The van der Waals surface area contributed by atoms with E-state index in [0.717, 1.165) is 33.1 Å². The Labute approximate surface area is 155 Å². The Morgan fingerprint density at radius 3 is 2.67 bits per heavy atom. The molecule has 2 aromatic carbocycles. The number of rotatable bonds is 2. The topological polar surface area (TPSA) is 79.8 Å². The van der Waals surface area contributed by atoms with Gasteiger partial charge in [-0.3, -0.25) is 9.78 Å². The zero-order valence-electron chi connectivity index (χ0n) is 15.3. The summed E-state index contributed by atoms with van der Waals surface area (Å²) < 4.78 is 1.61. The fourth-order valence-corrected chi connectivity index (χ4v) is 3.26. The summed E-state index contributed by atoms with van der Waals surface area (Å²) in [6.07, 6.45) is 0. The maximum absolute atomic E-state index is 12.8. The van der Waals surface area contributed by atoms with Crippen LogP contribution in [0.15, 0.2) is 58.8 Å². The van der Waals surface area contributed by atoms with E-state index in [0.29, 0.717) is 5.56 Å². The predicted octanol–water partition coefficient (Wildman–Crippen LogP) is 4.97. The van der Waals surface area contributed by atoms with Gasteiger partial charge in [-0.25, -0.2) is 0 Å². The molecule has 0 aliphatic rings. The van der Waals surface area contributed by atoms with Crippen molar-refractivity contribution in [3.63, 3.8) is 0 Å². The van der Waals surface area contributed by atoms with Crippen LogP contribution >= 0.6 is 0 Å². The maximum Gasteiger partial charge on any atom is 0.296 e. The molecular formula is C21H18N4O2. The number of aromatic nitrogens is 2. The normalized spacial score (nSPS) is 11.7. The molecule has 6 nitrogen and oxygen atoms in total. The van der Waals surface area contributed by atoms with E-state index in [4.69, 9.17) is 0 Å². The lowest BCUT2D eigenvalue weighted by atomic mass is 10.1. The van der Waals surface area contributed by atoms with Crippen molar-refractivity contribution in [2.75, 3.05) is 0 Å². The highest BCUT2D eigenvalue weighted by molar-refractivity contribution is 6.07. The molecular weight excluding hydrogens is 340 g/mol. The van der Waals surface area contributed by atoms with Crippen LogP contribution in [0.25, 0.3) is 21.8 Å². The minimum Gasteiger partial charge on any atom is -0.493 e. The fourth-order valence-electron chi connectivity index (χ4n) is 3.26. The van der Waals surface area contributed by atoms with Gasteiger partial charge in [-0.1, -0.05) is 29.8 Å². The molecule has 0 aliphatic carbocycles. The van der Waals surface area contributed by atoms with Crippen LogP contribution in [0.5, 0.6) is 5.88 Å². The van der Waals surface area contributed by atoms with Crippen LogP contribution in [0.1, 0.15) is 21.6 Å². The van der Waals surface area contributed by atoms with E-state index in [1.807, 2.05) is 56.3 Å². The first-order valence-electron chi connectivity index (χ1n) is 8.56. The summed E-state index contributed by atoms with van der Waals surface area (Å²) in [4.78, 5) is 17.2. The summed E-state index contributed by atoms with van der Waals surface area (Å²) in [5.41, 5.74) is 4.06. The number of azo groups is 1. The third-order valence-corrected chi connectivity index (χ3v) is 4.61. The zero-order valence-corrected chi connectivity index (χ0v) is 15.3. The average molecular weight is 358 g/mol. The maximum atomic E-state index is 12.8. The molecule has 27 heavy (non-hydrogen) atoms. The molecule has 0 saturated carbocycles. The lowest BCUT2D eigenvalue weighted by Crippen LogP contribution is -1.99. The van der Waals surface area contributed by atoms with Gasteiger partial charge in [-0.05, 0) is 38.1 Å². The highest BCUT2D eigenvalue weighted by atomic mass is 16.3. The predicted molar refractivity (Wildman–Crippen MR) is 105 cm³/mol. The van der Waals surface area contributed by atoms with Crippen molar-refractivity contribution >= 4 is 33.4 Å². The third kappa shape index (κ3) is 2.85. The van der Waals surface area contributed by atoms with Crippen molar-refractivity contribution in [2.24, 2.45) is 17.3 Å². The second-order valence-electron chi connectivity index (χ2n) is 6.59. The van der Waals surface area contributed by atoms with Crippen molar-refractivity contribution in [2.45, 2.75) is 13.8 Å². The molecule has 2 heterocycles. The molecule has 1 N–H and O–H groups in total. The molecule has 0 aliphatic heterocycles. The first kappa shape index (κ1) is 16.9. The monoisotopic (exact) mass is 358 g/mol. The summed E-state index contributed by atoms with van der Waals surface area (Å²) in [5.74, 6) is -0.497. The molecule has 0 spiro atoms. The smallest absolute Gasteiger partial charge is 0.296 e. The number of amides is 1. The number of carbonyl (C=O) groups is 1. The summed E-state index contributed by atoms with van der Waals surface area (Å²) in [5, 5.41) is 19.8. The van der Waals surface area contributed by atoms with Gasteiger partial charge in [0, 0.05) is 23.5 Å². The van der Waals surface area contributed by atoms with E-state index in [1.165, 1.54) is 0 Å². The van der Waals surface area contributed by atoms with E-state index < -0.39 is 5.91 Å².